The fraction of sp³-hybridized carbons (Fsp3) is 0.303. The molecule has 0 unspecified atom stereocenters. The molecular weight excluding hydrogens is 486 g/mol. The molecule has 3 aromatic rings. The van der Waals surface area contributed by atoms with Crippen LogP contribution in [0, 0.1) is 20.8 Å². The summed E-state index contributed by atoms with van der Waals surface area (Å²) in [6, 6.07) is 16.1. The van der Waals surface area contributed by atoms with Crippen molar-refractivity contribution in [3.63, 3.8) is 0 Å². The van der Waals surface area contributed by atoms with Gasteiger partial charge in [0.1, 0.15) is 5.82 Å². The van der Waals surface area contributed by atoms with Gasteiger partial charge in [-0.05, 0) is 98.6 Å². The van der Waals surface area contributed by atoms with Crippen LogP contribution in [-0.4, -0.2) is 28.5 Å². The van der Waals surface area contributed by atoms with Gasteiger partial charge in [0.2, 0.25) is 5.91 Å². The normalized spacial score (nSPS) is 11.4. The van der Waals surface area contributed by atoms with Crippen molar-refractivity contribution in [3.8, 4) is 0 Å². The predicted octanol–water partition coefficient (Wildman–Crippen LogP) is 6.83. The van der Waals surface area contributed by atoms with Crippen molar-refractivity contribution in [1.82, 2.24) is 4.98 Å². The molecule has 1 heterocycles. The minimum Gasteiger partial charge on any atom is -0.481 e. The number of nitrogens with two attached hydrogens (primary N) is 1. The van der Waals surface area contributed by atoms with Crippen LogP contribution in [0.15, 0.2) is 72.5 Å². The molecule has 0 saturated heterocycles. The van der Waals surface area contributed by atoms with Crippen molar-refractivity contribution >= 4 is 23.3 Å². The molecule has 1 aromatic heterocycles. The van der Waals surface area contributed by atoms with Crippen LogP contribution in [0.5, 0.6) is 0 Å². The second-order valence-corrected chi connectivity index (χ2v) is 9.69. The van der Waals surface area contributed by atoms with Crippen LogP contribution in [0.4, 0.5) is 5.82 Å². The third-order valence-corrected chi connectivity index (χ3v) is 6.39. The van der Waals surface area contributed by atoms with Crippen molar-refractivity contribution in [3.05, 3.63) is 111 Å². The van der Waals surface area contributed by atoms with Gasteiger partial charge < -0.3 is 16.2 Å². The van der Waals surface area contributed by atoms with Gasteiger partial charge in [0.15, 0.2) is 0 Å². The maximum atomic E-state index is 11.1. The van der Waals surface area contributed by atoms with Crippen LogP contribution in [-0.2, 0) is 17.6 Å². The first-order valence-corrected chi connectivity index (χ1v) is 13.2. The van der Waals surface area contributed by atoms with E-state index in [1.807, 2.05) is 83.1 Å². The molecule has 0 spiro atoms. The standard InChI is InChI=1S/C22H26N2O2.C11H15NO/c1-4-18(15-24-21-13-16(2)11-12-23-21)14-17(3)20-8-5-19(6-9-20)7-10-22(25)26;1-4-9-6-7(2)5-8(3)10(9)11(12)13/h4-6,8-9,11-14H,7,10,15H2,1-3H3,(H,23,24)(H,25,26);5-6H,4H2,1-3H3,(H2,12,13)/b17-14+,18-4+;. The van der Waals surface area contributed by atoms with Crippen LogP contribution in [0.25, 0.3) is 5.57 Å². The summed E-state index contributed by atoms with van der Waals surface area (Å²) in [7, 11) is 0. The van der Waals surface area contributed by atoms with E-state index in [1.54, 1.807) is 6.20 Å². The summed E-state index contributed by atoms with van der Waals surface area (Å²) in [6.45, 7) is 12.8. The zero-order chi connectivity index (χ0) is 28.9. The molecule has 4 N–H and O–H groups in total. The monoisotopic (exact) mass is 527 g/mol. The summed E-state index contributed by atoms with van der Waals surface area (Å²) < 4.78 is 0. The highest BCUT2D eigenvalue weighted by Crippen LogP contribution is 2.19. The Bertz CT molecular complexity index is 1340. The number of amides is 1. The first-order chi connectivity index (χ1) is 18.5. The number of nitrogens with zero attached hydrogens (tertiary/aromatic N) is 1. The number of pyridine rings is 1. The third-order valence-electron chi connectivity index (χ3n) is 6.39. The maximum absolute atomic E-state index is 11.1. The highest BCUT2D eigenvalue weighted by molar-refractivity contribution is 5.96. The average molecular weight is 528 g/mol. The SMILES string of the molecule is C/C=C(\C=C(/C)c1ccc(CCC(=O)O)cc1)CNc1cc(C)ccn1.CCc1cc(C)cc(C)c1C(N)=O. The lowest BCUT2D eigenvalue weighted by molar-refractivity contribution is -0.136. The third kappa shape index (κ3) is 10.2. The van der Waals surface area contributed by atoms with E-state index in [-0.39, 0.29) is 12.3 Å². The summed E-state index contributed by atoms with van der Waals surface area (Å²) in [6.07, 6.45) is 7.63. The Morgan fingerprint density at radius 2 is 1.72 bits per heavy atom. The smallest absolute Gasteiger partial charge is 0.303 e. The number of rotatable bonds is 10. The Labute approximate surface area is 232 Å². The van der Waals surface area contributed by atoms with Gasteiger partial charge >= 0.3 is 5.97 Å². The Balaban J connectivity index is 0.000000344. The summed E-state index contributed by atoms with van der Waals surface area (Å²) in [5, 5.41) is 12.1. The molecule has 0 aliphatic carbocycles. The number of carbonyl (C=O) groups is 2. The van der Waals surface area contributed by atoms with Gasteiger partial charge in [-0.15, -0.1) is 0 Å². The largest absolute Gasteiger partial charge is 0.481 e. The first kappa shape index (κ1) is 31.0. The minimum absolute atomic E-state index is 0.162. The lowest BCUT2D eigenvalue weighted by atomic mass is 9.97. The number of hydrogen-bond donors (Lipinski definition) is 3. The molecule has 0 aliphatic heterocycles. The highest BCUT2D eigenvalue weighted by Gasteiger charge is 2.10. The summed E-state index contributed by atoms with van der Waals surface area (Å²) >= 11 is 0. The Kier molecular flexibility index (Phi) is 12.2. The molecular formula is C33H41N3O3. The molecule has 0 atom stereocenters. The van der Waals surface area contributed by atoms with E-state index in [4.69, 9.17) is 10.8 Å². The zero-order valence-electron chi connectivity index (χ0n) is 24.0. The second kappa shape index (κ2) is 15.3. The number of aryl methyl sites for hydroxylation is 5. The van der Waals surface area contributed by atoms with Crippen molar-refractivity contribution in [2.24, 2.45) is 5.73 Å². The van der Waals surface area contributed by atoms with E-state index in [0.29, 0.717) is 18.5 Å². The summed E-state index contributed by atoms with van der Waals surface area (Å²) in [4.78, 5) is 26.1. The molecule has 0 bridgehead atoms. The van der Waals surface area contributed by atoms with E-state index in [2.05, 4.69) is 29.4 Å². The Morgan fingerprint density at radius 3 is 2.28 bits per heavy atom. The van der Waals surface area contributed by atoms with E-state index >= 15 is 0 Å². The number of carbonyl (C=O) groups excluding carboxylic acids is 1. The zero-order valence-corrected chi connectivity index (χ0v) is 24.0. The molecule has 0 fully saturated rings. The van der Waals surface area contributed by atoms with Crippen LogP contribution >= 0.6 is 0 Å². The number of carboxylic acids is 1. The molecule has 1 amide bonds. The number of hydrogen-bond acceptors (Lipinski definition) is 4. The number of allylic oxidation sites excluding steroid dienone is 2. The lowest BCUT2D eigenvalue weighted by Crippen LogP contribution is -2.15. The van der Waals surface area contributed by atoms with Gasteiger partial charge in [0, 0.05) is 24.7 Å². The molecule has 6 heteroatoms. The van der Waals surface area contributed by atoms with E-state index in [1.165, 1.54) is 22.3 Å². The quantitative estimate of drug-likeness (QED) is 0.251. The van der Waals surface area contributed by atoms with E-state index in [0.717, 1.165) is 34.5 Å². The second-order valence-electron chi connectivity index (χ2n) is 9.69. The predicted molar refractivity (Wildman–Crippen MR) is 161 cm³/mol. The number of nitrogens with one attached hydrogen (secondary N) is 1. The first-order valence-electron chi connectivity index (χ1n) is 13.2. The fourth-order valence-corrected chi connectivity index (χ4v) is 4.30. The molecule has 206 valence electrons. The summed E-state index contributed by atoms with van der Waals surface area (Å²) in [5.41, 5.74) is 14.9. The number of anilines is 1. The van der Waals surface area contributed by atoms with Crippen molar-refractivity contribution in [2.45, 2.75) is 60.8 Å². The number of aromatic nitrogens is 1. The number of benzene rings is 2. The van der Waals surface area contributed by atoms with Gasteiger partial charge in [-0.2, -0.15) is 0 Å². The average Bonchev–Trinajstić information content (AvgIpc) is 2.89. The topological polar surface area (TPSA) is 105 Å². The van der Waals surface area contributed by atoms with Crippen molar-refractivity contribution in [1.29, 1.82) is 0 Å². The molecule has 39 heavy (non-hydrogen) atoms. The Morgan fingerprint density at radius 1 is 1.03 bits per heavy atom. The Hall–Kier alpha value is -4.19. The number of aliphatic carboxylic acids is 1. The van der Waals surface area contributed by atoms with Gasteiger partial charge in [-0.1, -0.05) is 61.0 Å². The molecule has 6 nitrogen and oxygen atoms in total. The summed E-state index contributed by atoms with van der Waals surface area (Å²) in [5.74, 6) is -0.217. The van der Waals surface area contributed by atoms with Crippen LogP contribution in [0.2, 0.25) is 0 Å². The van der Waals surface area contributed by atoms with Gasteiger partial charge in [0.05, 0.1) is 0 Å². The van der Waals surface area contributed by atoms with Crippen molar-refractivity contribution in [2.75, 3.05) is 11.9 Å². The molecule has 0 saturated carbocycles. The van der Waals surface area contributed by atoms with Gasteiger partial charge in [-0.3, -0.25) is 9.59 Å². The molecule has 0 aliphatic rings. The van der Waals surface area contributed by atoms with Crippen molar-refractivity contribution < 1.29 is 14.7 Å². The van der Waals surface area contributed by atoms with Gasteiger partial charge in [-0.25, -0.2) is 4.98 Å². The molecule has 0 radical (unpaired) electrons. The molecule has 3 rings (SSSR count). The van der Waals surface area contributed by atoms with Crippen LogP contribution in [0.3, 0.4) is 0 Å². The molecule has 2 aromatic carbocycles. The number of carboxylic acid groups (broad SMARTS) is 1. The van der Waals surface area contributed by atoms with Crippen LogP contribution < -0.4 is 11.1 Å². The number of primary amides is 1. The van der Waals surface area contributed by atoms with E-state index in [9.17, 15) is 9.59 Å². The van der Waals surface area contributed by atoms with Gasteiger partial charge in [0.25, 0.3) is 0 Å². The minimum atomic E-state index is -0.765. The fourth-order valence-electron chi connectivity index (χ4n) is 4.30. The van der Waals surface area contributed by atoms with Crippen LogP contribution in [0.1, 0.15) is 70.9 Å². The lowest BCUT2D eigenvalue weighted by Gasteiger charge is -2.09. The maximum Gasteiger partial charge on any atom is 0.303 e. The highest BCUT2D eigenvalue weighted by atomic mass is 16.4. The van der Waals surface area contributed by atoms with E-state index < -0.39 is 5.97 Å².